The van der Waals surface area contributed by atoms with Gasteiger partial charge in [-0.05, 0) is 30.7 Å². The molecule has 0 fully saturated rings. The summed E-state index contributed by atoms with van der Waals surface area (Å²) in [6, 6.07) is 2.19. The molecule has 4 nitrogen and oxygen atoms in total. The van der Waals surface area contributed by atoms with Crippen molar-refractivity contribution in [1.29, 1.82) is 0 Å². The van der Waals surface area contributed by atoms with Crippen LogP contribution >= 0.6 is 0 Å². The van der Waals surface area contributed by atoms with E-state index < -0.39 is 15.7 Å². The monoisotopic (exact) mass is 247 g/mol. The molecule has 0 aliphatic heterocycles. The first kappa shape index (κ1) is 12.9. The molecule has 0 amide bonds. The van der Waals surface area contributed by atoms with Crippen LogP contribution in [0.2, 0.25) is 0 Å². The molecule has 0 aromatic heterocycles. The molecular weight excluding hydrogens is 233 g/mol. The van der Waals surface area contributed by atoms with E-state index in [0.717, 1.165) is 12.3 Å². The van der Waals surface area contributed by atoms with Gasteiger partial charge < -0.3 is 10.5 Å². The van der Waals surface area contributed by atoms with Crippen molar-refractivity contribution in [3.8, 4) is 5.75 Å². The maximum absolute atomic E-state index is 13.2. The molecule has 0 aliphatic carbocycles. The van der Waals surface area contributed by atoms with Gasteiger partial charge in [-0.2, -0.15) is 0 Å². The van der Waals surface area contributed by atoms with Gasteiger partial charge in [-0.1, -0.05) is 0 Å². The fraction of sp³-hybridized carbons (Fsp3) is 0.400. The minimum Gasteiger partial charge on any atom is -0.495 e. The quantitative estimate of drug-likeness (QED) is 0.852. The summed E-state index contributed by atoms with van der Waals surface area (Å²) in [4.78, 5) is -0.140. The predicted molar refractivity (Wildman–Crippen MR) is 58.8 cm³/mol. The highest BCUT2D eigenvalue weighted by molar-refractivity contribution is 7.90. The molecule has 6 heteroatoms. The van der Waals surface area contributed by atoms with Crippen molar-refractivity contribution in [2.24, 2.45) is 5.73 Å². The maximum Gasteiger partial charge on any atom is 0.179 e. The van der Waals surface area contributed by atoms with Crippen molar-refractivity contribution in [3.05, 3.63) is 23.5 Å². The lowest BCUT2D eigenvalue weighted by molar-refractivity contribution is 0.395. The van der Waals surface area contributed by atoms with Crippen molar-refractivity contribution < 1.29 is 17.5 Å². The lowest BCUT2D eigenvalue weighted by atomic mass is 10.1. The Bertz CT molecular complexity index is 485. The Kier molecular flexibility index (Phi) is 3.88. The molecule has 0 heterocycles. The van der Waals surface area contributed by atoms with Gasteiger partial charge in [0.05, 0.1) is 7.11 Å². The third kappa shape index (κ3) is 2.70. The summed E-state index contributed by atoms with van der Waals surface area (Å²) in [5.74, 6) is -0.431. The van der Waals surface area contributed by atoms with Gasteiger partial charge in [-0.25, -0.2) is 12.8 Å². The van der Waals surface area contributed by atoms with Crippen molar-refractivity contribution in [2.75, 3.05) is 19.9 Å². The van der Waals surface area contributed by atoms with Crippen LogP contribution in [0.5, 0.6) is 5.75 Å². The van der Waals surface area contributed by atoms with Crippen LogP contribution < -0.4 is 10.5 Å². The van der Waals surface area contributed by atoms with E-state index in [1.807, 2.05) is 0 Å². The highest BCUT2D eigenvalue weighted by atomic mass is 32.2. The standard InChI is InChI=1S/C10H14FNO3S/c1-15-10-7(3-4-12)5-8(11)6-9(10)16(2,13)14/h5-6H,3-4,12H2,1-2H3. The Labute approximate surface area is 94.1 Å². The van der Waals surface area contributed by atoms with Gasteiger partial charge in [0, 0.05) is 6.26 Å². The number of rotatable bonds is 4. The van der Waals surface area contributed by atoms with Crippen LogP contribution in [-0.4, -0.2) is 28.3 Å². The van der Waals surface area contributed by atoms with Gasteiger partial charge in [0.2, 0.25) is 0 Å². The second kappa shape index (κ2) is 4.80. The van der Waals surface area contributed by atoms with Crippen LogP contribution in [0.15, 0.2) is 17.0 Å². The number of hydrogen-bond acceptors (Lipinski definition) is 4. The van der Waals surface area contributed by atoms with Crippen LogP contribution in [0.1, 0.15) is 5.56 Å². The second-order valence-electron chi connectivity index (χ2n) is 3.41. The zero-order chi connectivity index (χ0) is 12.3. The average molecular weight is 247 g/mol. The summed E-state index contributed by atoms with van der Waals surface area (Å²) < 4.78 is 41.1. The van der Waals surface area contributed by atoms with E-state index in [4.69, 9.17) is 10.5 Å². The van der Waals surface area contributed by atoms with E-state index in [1.54, 1.807) is 0 Å². The number of ether oxygens (including phenoxy) is 1. The number of benzene rings is 1. The molecule has 0 saturated carbocycles. The normalized spacial score (nSPS) is 11.5. The summed E-state index contributed by atoms with van der Waals surface area (Å²) in [6.45, 7) is 0.295. The lowest BCUT2D eigenvalue weighted by Gasteiger charge is -2.12. The number of hydrogen-bond donors (Lipinski definition) is 1. The Balaban J connectivity index is 3.48. The maximum atomic E-state index is 13.2. The molecule has 1 aromatic carbocycles. The van der Waals surface area contributed by atoms with E-state index in [0.29, 0.717) is 18.5 Å². The highest BCUT2D eigenvalue weighted by Gasteiger charge is 2.19. The van der Waals surface area contributed by atoms with Gasteiger partial charge in [-0.3, -0.25) is 0 Å². The Morgan fingerprint density at radius 1 is 1.44 bits per heavy atom. The first-order chi connectivity index (χ1) is 7.40. The highest BCUT2D eigenvalue weighted by Crippen LogP contribution is 2.29. The fourth-order valence-electron chi connectivity index (χ4n) is 1.47. The molecule has 90 valence electrons. The summed E-state index contributed by atoms with van der Waals surface area (Å²) in [6.07, 6.45) is 1.37. The van der Waals surface area contributed by atoms with Crippen LogP contribution in [0.3, 0.4) is 0 Å². The predicted octanol–water partition coefficient (Wildman–Crippen LogP) is 0.739. The molecule has 1 aromatic rings. The van der Waals surface area contributed by atoms with Crippen molar-refractivity contribution >= 4 is 9.84 Å². The summed E-state index contributed by atoms with van der Waals surface area (Å²) >= 11 is 0. The molecule has 0 saturated heterocycles. The van der Waals surface area contributed by atoms with E-state index in [-0.39, 0.29) is 10.6 Å². The zero-order valence-electron chi connectivity index (χ0n) is 9.16. The molecule has 16 heavy (non-hydrogen) atoms. The van der Waals surface area contributed by atoms with Crippen LogP contribution in [0, 0.1) is 5.82 Å². The molecule has 0 aliphatic rings. The molecule has 1 rings (SSSR count). The Morgan fingerprint density at radius 2 is 2.06 bits per heavy atom. The summed E-state index contributed by atoms with van der Waals surface area (Å²) in [5, 5.41) is 0. The first-order valence-corrected chi connectivity index (χ1v) is 6.55. The van der Waals surface area contributed by atoms with E-state index >= 15 is 0 Å². The topological polar surface area (TPSA) is 69.4 Å². The largest absolute Gasteiger partial charge is 0.495 e. The van der Waals surface area contributed by atoms with Gasteiger partial charge in [0.15, 0.2) is 9.84 Å². The van der Waals surface area contributed by atoms with Gasteiger partial charge >= 0.3 is 0 Å². The van der Waals surface area contributed by atoms with Crippen LogP contribution in [0.25, 0.3) is 0 Å². The van der Waals surface area contributed by atoms with E-state index in [9.17, 15) is 12.8 Å². The smallest absolute Gasteiger partial charge is 0.179 e. The first-order valence-electron chi connectivity index (χ1n) is 4.66. The molecule has 0 radical (unpaired) electrons. The third-order valence-corrected chi connectivity index (χ3v) is 3.22. The van der Waals surface area contributed by atoms with Crippen LogP contribution in [0.4, 0.5) is 4.39 Å². The Morgan fingerprint density at radius 3 is 2.50 bits per heavy atom. The molecule has 0 atom stereocenters. The van der Waals surface area contributed by atoms with E-state index in [1.165, 1.54) is 13.2 Å². The lowest BCUT2D eigenvalue weighted by Crippen LogP contribution is -2.08. The molecule has 0 bridgehead atoms. The van der Waals surface area contributed by atoms with Crippen molar-refractivity contribution in [3.63, 3.8) is 0 Å². The fourth-order valence-corrected chi connectivity index (χ4v) is 2.35. The molecule has 0 unspecified atom stereocenters. The summed E-state index contributed by atoms with van der Waals surface area (Å²) in [7, 11) is -2.17. The van der Waals surface area contributed by atoms with Gasteiger partial charge in [-0.15, -0.1) is 0 Å². The molecule has 0 spiro atoms. The number of nitrogens with two attached hydrogens (primary N) is 1. The zero-order valence-corrected chi connectivity index (χ0v) is 9.97. The van der Waals surface area contributed by atoms with Crippen LogP contribution in [-0.2, 0) is 16.3 Å². The van der Waals surface area contributed by atoms with Gasteiger partial charge in [0.25, 0.3) is 0 Å². The SMILES string of the molecule is COc1c(CCN)cc(F)cc1S(C)(=O)=O. The van der Waals surface area contributed by atoms with Crippen molar-refractivity contribution in [1.82, 2.24) is 0 Å². The Hall–Kier alpha value is -1.14. The van der Waals surface area contributed by atoms with E-state index in [2.05, 4.69) is 0 Å². The third-order valence-electron chi connectivity index (χ3n) is 2.11. The van der Waals surface area contributed by atoms with Gasteiger partial charge in [0.1, 0.15) is 16.5 Å². The number of halogens is 1. The second-order valence-corrected chi connectivity index (χ2v) is 5.39. The molecule has 2 N–H and O–H groups in total. The summed E-state index contributed by atoms with van der Waals surface area (Å²) in [5.41, 5.74) is 5.83. The minimum atomic E-state index is -3.51. The minimum absolute atomic E-state index is 0.140. The van der Waals surface area contributed by atoms with Crippen molar-refractivity contribution in [2.45, 2.75) is 11.3 Å². The molecular formula is C10H14FNO3S. The number of sulfone groups is 1. The average Bonchev–Trinajstić information content (AvgIpc) is 2.16. The number of methoxy groups -OCH3 is 1.